The zero-order valence-electron chi connectivity index (χ0n) is 15.7. The lowest BCUT2D eigenvalue weighted by Gasteiger charge is -2.25. The number of nitrogens with zero attached hydrogens (tertiary/aromatic N) is 3. The van der Waals surface area contributed by atoms with Gasteiger partial charge in [0, 0.05) is 31.3 Å². The summed E-state index contributed by atoms with van der Waals surface area (Å²) in [5.74, 6) is 0.413. The maximum atomic E-state index is 12.7. The number of aromatic nitrogens is 3. The Morgan fingerprint density at radius 2 is 2.24 bits per heavy atom. The van der Waals surface area contributed by atoms with E-state index in [-0.39, 0.29) is 18.2 Å². The number of pyridine rings is 1. The molecule has 9 heteroatoms. The molecule has 0 fully saturated rings. The molecule has 0 spiro atoms. The summed E-state index contributed by atoms with van der Waals surface area (Å²) in [6.45, 7) is 0.306. The van der Waals surface area contributed by atoms with Crippen LogP contribution in [0.3, 0.4) is 0 Å². The van der Waals surface area contributed by atoms with Gasteiger partial charge in [-0.3, -0.25) is 14.6 Å². The summed E-state index contributed by atoms with van der Waals surface area (Å²) in [4.78, 5) is 33.1. The molecule has 2 N–H and O–H groups in total. The van der Waals surface area contributed by atoms with Crippen LogP contribution in [0.2, 0.25) is 0 Å². The van der Waals surface area contributed by atoms with E-state index in [1.165, 1.54) is 0 Å². The van der Waals surface area contributed by atoms with Gasteiger partial charge in [-0.2, -0.15) is 4.98 Å². The molecule has 1 aromatic carbocycles. The van der Waals surface area contributed by atoms with Crippen LogP contribution in [0.1, 0.15) is 23.8 Å². The number of fused-ring (bicyclic) bond motifs is 1. The molecule has 0 radical (unpaired) electrons. The van der Waals surface area contributed by atoms with Crippen LogP contribution in [0, 0.1) is 0 Å². The van der Waals surface area contributed by atoms with E-state index >= 15 is 0 Å². The molecule has 9 nitrogen and oxygen atoms in total. The first-order valence-corrected chi connectivity index (χ1v) is 9.13. The molecular formula is C20H19N5O4. The van der Waals surface area contributed by atoms with Crippen molar-refractivity contribution in [3.63, 3.8) is 0 Å². The quantitative estimate of drug-likeness (QED) is 0.657. The van der Waals surface area contributed by atoms with Gasteiger partial charge in [0.15, 0.2) is 0 Å². The van der Waals surface area contributed by atoms with Crippen molar-refractivity contribution in [1.29, 1.82) is 0 Å². The number of hydrogen-bond acceptors (Lipinski definition) is 7. The molecule has 3 aromatic rings. The summed E-state index contributed by atoms with van der Waals surface area (Å²) in [7, 11) is 1.56. The number of carbonyl (C=O) groups is 2. The van der Waals surface area contributed by atoms with Crippen molar-refractivity contribution >= 4 is 17.5 Å². The minimum Gasteiger partial charge on any atom is -0.497 e. The second kappa shape index (κ2) is 8.09. The van der Waals surface area contributed by atoms with E-state index in [0.717, 1.165) is 5.56 Å². The fourth-order valence-electron chi connectivity index (χ4n) is 3.17. The molecular weight excluding hydrogens is 374 g/mol. The van der Waals surface area contributed by atoms with Crippen LogP contribution in [0.5, 0.6) is 5.75 Å². The molecule has 3 heterocycles. The first-order valence-electron chi connectivity index (χ1n) is 9.13. The number of amides is 2. The van der Waals surface area contributed by atoms with Crippen molar-refractivity contribution in [2.24, 2.45) is 0 Å². The topological polar surface area (TPSA) is 119 Å². The molecule has 0 saturated heterocycles. The van der Waals surface area contributed by atoms with Gasteiger partial charge in [0.1, 0.15) is 11.4 Å². The fraction of sp³-hybridized carbons (Fsp3) is 0.250. The van der Waals surface area contributed by atoms with Crippen LogP contribution in [0.25, 0.3) is 11.5 Å². The Morgan fingerprint density at radius 3 is 3.03 bits per heavy atom. The van der Waals surface area contributed by atoms with Gasteiger partial charge in [-0.15, -0.1) is 0 Å². The number of ether oxygens (including phenoxy) is 1. The van der Waals surface area contributed by atoms with Crippen LogP contribution in [-0.2, 0) is 16.0 Å². The first-order chi connectivity index (χ1) is 14.1. The van der Waals surface area contributed by atoms with Crippen LogP contribution in [0.4, 0.5) is 5.69 Å². The van der Waals surface area contributed by atoms with E-state index in [1.54, 1.807) is 43.6 Å². The molecule has 0 bridgehead atoms. The molecule has 2 amide bonds. The van der Waals surface area contributed by atoms with Crippen molar-refractivity contribution in [2.75, 3.05) is 19.0 Å². The third-order valence-electron chi connectivity index (χ3n) is 4.61. The van der Waals surface area contributed by atoms with Crippen LogP contribution in [0.15, 0.2) is 47.1 Å². The number of benzene rings is 1. The predicted octanol–water partition coefficient (Wildman–Crippen LogP) is 1.92. The Bertz CT molecular complexity index is 1030. The average Bonchev–Trinajstić information content (AvgIpc) is 3.22. The highest BCUT2D eigenvalue weighted by Gasteiger charge is 2.31. The van der Waals surface area contributed by atoms with Gasteiger partial charge in [0.05, 0.1) is 13.0 Å². The summed E-state index contributed by atoms with van der Waals surface area (Å²) in [5.41, 5.74) is 1.97. The molecule has 148 valence electrons. The van der Waals surface area contributed by atoms with Gasteiger partial charge in [0.25, 0.3) is 0 Å². The summed E-state index contributed by atoms with van der Waals surface area (Å²) < 4.78 is 10.5. The smallest absolute Gasteiger partial charge is 0.228 e. The highest BCUT2D eigenvalue weighted by atomic mass is 16.5. The summed E-state index contributed by atoms with van der Waals surface area (Å²) in [5, 5.41) is 9.53. The van der Waals surface area contributed by atoms with Gasteiger partial charge >= 0.3 is 0 Å². The van der Waals surface area contributed by atoms with E-state index in [4.69, 9.17) is 9.26 Å². The zero-order chi connectivity index (χ0) is 20.2. The Morgan fingerprint density at radius 1 is 1.34 bits per heavy atom. The average molecular weight is 393 g/mol. The predicted molar refractivity (Wildman–Crippen MR) is 103 cm³/mol. The van der Waals surface area contributed by atoms with Crippen LogP contribution in [-0.4, -0.2) is 40.6 Å². The number of hydrogen-bond donors (Lipinski definition) is 2. The highest BCUT2D eigenvalue weighted by Crippen LogP contribution is 2.35. The van der Waals surface area contributed by atoms with E-state index in [9.17, 15) is 9.59 Å². The fourth-order valence-corrected chi connectivity index (χ4v) is 3.17. The third-order valence-corrected chi connectivity index (χ3v) is 4.61. The lowest BCUT2D eigenvalue weighted by Crippen LogP contribution is -2.36. The van der Waals surface area contributed by atoms with Crippen LogP contribution >= 0.6 is 0 Å². The van der Waals surface area contributed by atoms with Crippen molar-refractivity contribution in [3.8, 4) is 17.3 Å². The summed E-state index contributed by atoms with van der Waals surface area (Å²) in [6, 6.07) is 10.7. The normalized spacial score (nSPS) is 15.3. The van der Waals surface area contributed by atoms with Gasteiger partial charge < -0.3 is 19.9 Å². The zero-order valence-corrected chi connectivity index (χ0v) is 15.7. The van der Waals surface area contributed by atoms with E-state index < -0.39 is 5.92 Å². The highest BCUT2D eigenvalue weighted by molar-refractivity contribution is 6.01. The maximum absolute atomic E-state index is 12.7. The molecule has 2 aromatic heterocycles. The van der Waals surface area contributed by atoms with Crippen LogP contribution < -0.4 is 15.4 Å². The number of anilines is 1. The van der Waals surface area contributed by atoms with Crippen molar-refractivity contribution in [2.45, 2.75) is 18.8 Å². The Kier molecular flexibility index (Phi) is 5.19. The minimum atomic E-state index is -0.583. The van der Waals surface area contributed by atoms with E-state index in [2.05, 4.69) is 25.8 Å². The Labute approximate surface area is 166 Å². The summed E-state index contributed by atoms with van der Waals surface area (Å²) >= 11 is 0. The molecule has 1 aliphatic rings. The lowest BCUT2D eigenvalue weighted by atomic mass is 9.89. The Hall–Kier alpha value is -3.75. The van der Waals surface area contributed by atoms with Crippen molar-refractivity contribution < 1.29 is 18.8 Å². The van der Waals surface area contributed by atoms with Crippen molar-refractivity contribution in [3.05, 3.63) is 54.0 Å². The van der Waals surface area contributed by atoms with Gasteiger partial charge in [-0.05, 0) is 35.9 Å². The van der Waals surface area contributed by atoms with E-state index in [0.29, 0.717) is 41.8 Å². The lowest BCUT2D eigenvalue weighted by molar-refractivity contribution is -0.126. The monoisotopic (exact) mass is 393 g/mol. The largest absolute Gasteiger partial charge is 0.497 e. The SMILES string of the molecule is COc1ccc2c(c1)[C@@H](C(=O)NCCc1nc(-c3ccccn3)no1)CC(=O)N2. The number of methoxy groups -OCH3 is 1. The summed E-state index contributed by atoms with van der Waals surface area (Å²) in [6.07, 6.45) is 2.10. The third kappa shape index (κ3) is 4.08. The molecule has 0 aliphatic carbocycles. The molecule has 1 aliphatic heterocycles. The second-order valence-electron chi connectivity index (χ2n) is 6.53. The molecule has 0 saturated carbocycles. The van der Waals surface area contributed by atoms with Crippen molar-refractivity contribution in [1.82, 2.24) is 20.4 Å². The molecule has 29 heavy (non-hydrogen) atoms. The Balaban J connectivity index is 1.39. The number of carbonyl (C=O) groups excluding carboxylic acids is 2. The standard InChI is InChI=1S/C20H19N5O4/c1-28-12-5-6-15-13(10-12)14(11-17(26)23-15)20(27)22-9-7-18-24-19(25-29-18)16-4-2-3-8-21-16/h2-6,8,10,14H,7,9,11H2,1H3,(H,22,27)(H,23,26)/t14-/m0/s1. The minimum absolute atomic E-state index is 0.0797. The molecule has 4 rings (SSSR count). The van der Waals surface area contributed by atoms with Gasteiger partial charge in [0.2, 0.25) is 23.5 Å². The van der Waals surface area contributed by atoms with E-state index in [1.807, 2.05) is 6.07 Å². The molecule has 0 unspecified atom stereocenters. The second-order valence-corrected chi connectivity index (χ2v) is 6.53. The van der Waals surface area contributed by atoms with Gasteiger partial charge in [-0.1, -0.05) is 11.2 Å². The number of nitrogens with one attached hydrogen (secondary N) is 2. The first kappa shape index (κ1) is 18.6. The number of rotatable bonds is 6. The maximum Gasteiger partial charge on any atom is 0.228 e. The molecule has 1 atom stereocenters. The van der Waals surface area contributed by atoms with Gasteiger partial charge in [-0.25, -0.2) is 0 Å².